The lowest BCUT2D eigenvalue weighted by molar-refractivity contribution is 0.0688. The maximum atomic E-state index is 12.8. The summed E-state index contributed by atoms with van der Waals surface area (Å²) in [5, 5.41) is 18.5. The Hall–Kier alpha value is -3.20. The number of aryl methyl sites for hydroxylation is 2. The van der Waals surface area contributed by atoms with Crippen LogP contribution in [-0.4, -0.2) is 38.3 Å². The smallest absolute Gasteiger partial charge is 0.346 e. The summed E-state index contributed by atoms with van der Waals surface area (Å²) < 4.78 is 7.10. The van der Waals surface area contributed by atoms with E-state index in [9.17, 15) is 19.5 Å². The molecule has 146 valence electrons. The average molecular weight is 402 g/mol. The predicted molar refractivity (Wildman–Crippen MR) is 104 cm³/mol. The molecule has 0 bridgehead atoms. The van der Waals surface area contributed by atoms with Crippen molar-refractivity contribution in [3.8, 4) is 5.75 Å². The molecule has 0 fully saturated rings. The summed E-state index contributed by atoms with van der Waals surface area (Å²) in [5.41, 5.74) is 0.365. The van der Waals surface area contributed by atoms with Crippen LogP contribution in [0.25, 0.3) is 10.2 Å². The molecule has 0 aliphatic carbocycles. The maximum absolute atomic E-state index is 12.8. The van der Waals surface area contributed by atoms with Crippen LogP contribution < -0.4 is 10.3 Å². The molecule has 0 aliphatic rings. The highest BCUT2D eigenvalue weighted by Crippen LogP contribution is 2.27. The van der Waals surface area contributed by atoms with E-state index < -0.39 is 11.9 Å². The van der Waals surface area contributed by atoms with Gasteiger partial charge in [0.05, 0.1) is 17.6 Å². The number of carbonyl (C=O) groups is 2. The molecule has 2 heterocycles. The monoisotopic (exact) mass is 402 g/mol. The molecule has 0 atom stereocenters. The number of aromatic nitrogens is 2. The largest absolute Gasteiger partial charge is 0.494 e. The molecule has 0 unspecified atom stereocenters. The van der Waals surface area contributed by atoms with Crippen LogP contribution in [0.4, 0.5) is 0 Å². The quantitative estimate of drug-likeness (QED) is 0.583. The highest BCUT2D eigenvalue weighted by atomic mass is 32.1. The summed E-state index contributed by atoms with van der Waals surface area (Å²) in [4.78, 5) is 39.9. The lowest BCUT2D eigenvalue weighted by atomic mass is 10.2. The number of aromatic carboxylic acids is 2. The lowest BCUT2D eigenvalue weighted by Crippen LogP contribution is -2.24. The van der Waals surface area contributed by atoms with Gasteiger partial charge in [-0.25, -0.2) is 14.6 Å². The Balaban J connectivity index is 1.72. The van der Waals surface area contributed by atoms with Gasteiger partial charge in [0.1, 0.15) is 21.3 Å². The van der Waals surface area contributed by atoms with Crippen LogP contribution in [0.1, 0.15) is 37.8 Å². The number of rotatable bonds is 7. The van der Waals surface area contributed by atoms with E-state index in [0.717, 1.165) is 11.3 Å². The molecule has 0 aliphatic heterocycles. The minimum atomic E-state index is -1.06. The number of benzene rings is 1. The van der Waals surface area contributed by atoms with Gasteiger partial charge in [0.15, 0.2) is 0 Å². The first kappa shape index (κ1) is 19.6. The molecule has 2 aromatic heterocycles. The summed E-state index contributed by atoms with van der Waals surface area (Å²) in [6.07, 6.45) is 0.531. The molecule has 8 nitrogen and oxygen atoms in total. The van der Waals surface area contributed by atoms with Gasteiger partial charge < -0.3 is 14.9 Å². The summed E-state index contributed by atoms with van der Waals surface area (Å²) >= 11 is 1.01. The molecule has 3 rings (SSSR count). The third kappa shape index (κ3) is 3.74. The van der Waals surface area contributed by atoms with Crippen LogP contribution in [0.15, 0.2) is 29.1 Å². The van der Waals surface area contributed by atoms with E-state index in [2.05, 4.69) is 4.98 Å². The van der Waals surface area contributed by atoms with Crippen LogP contribution >= 0.6 is 11.3 Å². The minimum Gasteiger partial charge on any atom is -0.494 e. The number of carboxylic acids is 2. The third-order valence-corrected chi connectivity index (χ3v) is 5.51. The van der Waals surface area contributed by atoms with E-state index in [0.29, 0.717) is 46.9 Å². The number of thiophene rings is 1. The van der Waals surface area contributed by atoms with Gasteiger partial charge in [-0.3, -0.25) is 9.36 Å². The molecule has 0 amide bonds. The topological polar surface area (TPSA) is 119 Å². The van der Waals surface area contributed by atoms with Crippen molar-refractivity contribution in [1.29, 1.82) is 0 Å². The molecule has 0 spiro atoms. The van der Waals surface area contributed by atoms with E-state index in [4.69, 9.17) is 9.84 Å². The fourth-order valence-corrected chi connectivity index (χ4v) is 3.95. The van der Waals surface area contributed by atoms with Crippen molar-refractivity contribution in [3.05, 3.63) is 56.4 Å². The number of fused-ring (bicyclic) bond motifs is 1. The van der Waals surface area contributed by atoms with Crippen molar-refractivity contribution in [2.75, 3.05) is 6.61 Å². The molecule has 1 aromatic carbocycles. The number of hydrogen-bond acceptors (Lipinski definition) is 6. The summed E-state index contributed by atoms with van der Waals surface area (Å²) in [6, 6.07) is 6.08. The molecule has 9 heteroatoms. The molecule has 2 N–H and O–H groups in total. The molecule has 3 aromatic rings. The van der Waals surface area contributed by atoms with Gasteiger partial charge in [-0.2, -0.15) is 0 Å². The summed E-state index contributed by atoms with van der Waals surface area (Å²) in [6.45, 7) is 4.04. The Kier molecular flexibility index (Phi) is 5.46. The number of hydrogen-bond donors (Lipinski definition) is 2. The van der Waals surface area contributed by atoms with Crippen LogP contribution in [0.2, 0.25) is 0 Å². The average Bonchev–Trinajstić information content (AvgIpc) is 2.98. The number of ether oxygens (including phenoxy) is 1. The van der Waals surface area contributed by atoms with Gasteiger partial charge in [-0.15, -0.1) is 11.3 Å². The van der Waals surface area contributed by atoms with E-state index in [-0.39, 0.29) is 16.0 Å². The fraction of sp³-hybridized carbons (Fsp3) is 0.263. The Morgan fingerprint density at radius 2 is 1.82 bits per heavy atom. The second-order valence-corrected chi connectivity index (χ2v) is 7.19. The Bertz CT molecular complexity index is 1110. The zero-order valence-electron chi connectivity index (χ0n) is 15.3. The molecule has 0 saturated carbocycles. The Labute approximate surface area is 163 Å². The lowest BCUT2D eigenvalue weighted by Gasteiger charge is -2.10. The fourth-order valence-electron chi connectivity index (χ4n) is 2.89. The van der Waals surface area contributed by atoms with Crippen molar-refractivity contribution in [3.63, 3.8) is 0 Å². The predicted octanol–water partition coefficient (Wildman–Crippen LogP) is 2.94. The molecular formula is C19H18N2O6S. The zero-order valence-corrected chi connectivity index (χ0v) is 16.1. The first-order valence-electron chi connectivity index (χ1n) is 8.49. The minimum absolute atomic E-state index is 0.130. The first-order valence-corrected chi connectivity index (χ1v) is 9.31. The van der Waals surface area contributed by atoms with Gasteiger partial charge in [0.2, 0.25) is 0 Å². The van der Waals surface area contributed by atoms with Gasteiger partial charge in [-0.05, 0) is 50.1 Å². The van der Waals surface area contributed by atoms with Crippen LogP contribution in [0.5, 0.6) is 5.75 Å². The zero-order chi connectivity index (χ0) is 20.4. The van der Waals surface area contributed by atoms with Crippen molar-refractivity contribution in [2.45, 2.75) is 26.8 Å². The standard InChI is InChI=1S/C19H18N2O6S/c1-10-14-16(28-15(10)19(25)26)20-11(2)21(17(14)22)8-3-9-27-13-6-4-12(5-7-13)18(23)24/h4-7H,3,8-9H2,1-2H3,(H,23,24)(H,25,26). The number of carboxylic acid groups (broad SMARTS) is 2. The van der Waals surface area contributed by atoms with Crippen LogP contribution in [-0.2, 0) is 6.54 Å². The van der Waals surface area contributed by atoms with Gasteiger partial charge in [0.25, 0.3) is 5.56 Å². The molecular weight excluding hydrogens is 384 g/mol. The summed E-state index contributed by atoms with van der Waals surface area (Å²) in [5.74, 6) is -1.01. The van der Waals surface area contributed by atoms with E-state index >= 15 is 0 Å². The van der Waals surface area contributed by atoms with E-state index in [1.54, 1.807) is 26.0 Å². The Morgan fingerprint density at radius 3 is 2.43 bits per heavy atom. The third-order valence-electron chi connectivity index (χ3n) is 4.33. The van der Waals surface area contributed by atoms with E-state index in [1.807, 2.05) is 0 Å². The van der Waals surface area contributed by atoms with Crippen molar-refractivity contribution >= 4 is 33.5 Å². The van der Waals surface area contributed by atoms with Crippen molar-refractivity contribution in [1.82, 2.24) is 9.55 Å². The second kappa shape index (κ2) is 7.81. The first-order chi connectivity index (χ1) is 13.3. The normalized spacial score (nSPS) is 10.9. The highest BCUT2D eigenvalue weighted by molar-refractivity contribution is 7.20. The van der Waals surface area contributed by atoms with Crippen molar-refractivity contribution < 1.29 is 24.5 Å². The van der Waals surface area contributed by atoms with Crippen molar-refractivity contribution in [2.24, 2.45) is 0 Å². The maximum Gasteiger partial charge on any atom is 0.346 e. The molecule has 0 radical (unpaired) electrons. The van der Waals surface area contributed by atoms with Gasteiger partial charge >= 0.3 is 11.9 Å². The number of nitrogens with zero attached hydrogens (tertiary/aromatic N) is 2. The highest BCUT2D eigenvalue weighted by Gasteiger charge is 2.19. The molecule has 28 heavy (non-hydrogen) atoms. The SMILES string of the molecule is Cc1c(C(=O)O)sc2nc(C)n(CCCOc3ccc(C(=O)O)cc3)c(=O)c12. The molecule has 0 saturated heterocycles. The summed E-state index contributed by atoms with van der Waals surface area (Å²) in [7, 11) is 0. The van der Waals surface area contributed by atoms with Crippen LogP contribution in [0.3, 0.4) is 0 Å². The van der Waals surface area contributed by atoms with Gasteiger partial charge in [0, 0.05) is 6.54 Å². The van der Waals surface area contributed by atoms with Crippen LogP contribution in [0, 0.1) is 13.8 Å². The Morgan fingerprint density at radius 1 is 1.14 bits per heavy atom. The second-order valence-electron chi connectivity index (χ2n) is 6.19. The van der Waals surface area contributed by atoms with E-state index in [1.165, 1.54) is 16.7 Å². The van der Waals surface area contributed by atoms with Gasteiger partial charge in [-0.1, -0.05) is 0 Å².